The van der Waals surface area contributed by atoms with Crippen molar-refractivity contribution in [3.63, 3.8) is 0 Å². The van der Waals surface area contributed by atoms with Gasteiger partial charge in [-0.2, -0.15) is 0 Å². The van der Waals surface area contributed by atoms with Crippen LogP contribution >= 0.6 is 0 Å². The quantitative estimate of drug-likeness (QED) is 0.195. The number of anilines is 3. The molecule has 0 aliphatic carbocycles. The molecule has 6 rings (SSSR count). The van der Waals surface area contributed by atoms with E-state index in [0.717, 1.165) is 62.5 Å². The number of aromatic nitrogens is 3. The minimum atomic E-state index is 0.797. The van der Waals surface area contributed by atoms with Crippen LogP contribution in [-0.2, 0) is 0 Å². The summed E-state index contributed by atoms with van der Waals surface area (Å²) in [6.07, 6.45) is 3.57. The predicted octanol–water partition coefficient (Wildman–Crippen LogP) is 8.36. The fourth-order valence-electron chi connectivity index (χ4n) is 4.70. The molecule has 41 heavy (non-hydrogen) atoms. The molecule has 0 spiro atoms. The molecule has 0 amide bonds. The molecule has 0 N–H and O–H groups in total. The van der Waals surface area contributed by atoms with Crippen LogP contribution in [0.1, 0.15) is 0 Å². The van der Waals surface area contributed by atoms with Gasteiger partial charge >= 0.3 is 0 Å². The summed E-state index contributed by atoms with van der Waals surface area (Å²) in [4.78, 5) is 16.2. The van der Waals surface area contributed by atoms with Gasteiger partial charge in [-0.25, -0.2) is 4.98 Å². The summed E-state index contributed by atoms with van der Waals surface area (Å²) >= 11 is 0. The number of nitrogens with zero attached hydrogens (tertiary/aromatic N) is 4. The van der Waals surface area contributed by atoms with Crippen molar-refractivity contribution in [2.75, 3.05) is 19.1 Å². The highest BCUT2D eigenvalue weighted by Crippen LogP contribution is 2.37. The Morgan fingerprint density at radius 2 is 0.902 bits per heavy atom. The minimum absolute atomic E-state index is 0.797. The Morgan fingerprint density at radius 1 is 0.463 bits per heavy atom. The van der Waals surface area contributed by atoms with Crippen molar-refractivity contribution < 1.29 is 9.47 Å². The first-order valence-electron chi connectivity index (χ1n) is 13.3. The molecule has 200 valence electrons. The maximum Gasteiger partial charge on any atom is 0.119 e. The zero-order valence-corrected chi connectivity index (χ0v) is 22.8. The summed E-state index contributed by atoms with van der Waals surface area (Å²) in [7, 11) is 3.35. The summed E-state index contributed by atoms with van der Waals surface area (Å²) in [5.74, 6) is 1.62. The zero-order chi connectivity index (χ0) is 28.0. The molecule has 0 unspecified atom stereocenters. The Morgan fingerprint density at radius 3 is 1.29 bits per heavy atom. The number of rotatable bonds is 8. The van der Waals surface area contributed by atoms with Crippen molar-refractivity contribution in [1.29, 1.82) is 0 Å². The number of hydrogen-bond donors (Lipinski definition) is 0. The number of methoxy groups -OCH3 is 2. The molecular weight excluding hydrogens is 508 g/mol. The third kappa shape index (κ3) is 5.63. The van der Waals surface area contributed by atoms with Crippen LogP contribution in [0.4, 0.5) is 17.1 Å². The van der Waals surface area contributed by atoms with Crippen LogP contribution in [0.2, 0.25) is 0 Å². The van der Waals surface area contributed by atoms with Crippen LogP contribution in [0.15, 0.2) is 134 Å². The van der Waals surface area contributed by atoms with Gasteiger partial charge in [-0.1, -0.05) is 24.3 Å². The van der Waals surface area contributed by atoms with Gasteiger partial charge in [0, 0.05) is 29.5 Å². The van der Waals surface area contributed by atoms with E-state index in [1.807, 2.05) is 60.7 Å². The molecular formula is C35H28N4O2. The predicted molar refractivity (Wildman–Crippen MR) is 164 cm³/mol. The fraction of sp³-hybridized carbons (Fsp3) is 0.0571. The van der Waals surface area contributed by atoms with Gasteiger partial charge in [0.15, 0.2) is 0 Å². The average molecular weight is 537 g/mol. The molecule has 0 aliphatic heterocycles. The van der Waals surface area contributed by atoms with E-state index in [0.29, 0.717) is 0 Å². The Labute approximate surface area is 239 Å². The summed E-state index contributed by atoms with van der Waals surface area (Å²) in [5.41, 5.74) is 8.37. The molecule has 0 fully saturated rings. The molecule has 0 saturated heterocycles. The third-order valence-electron chi connectivity index (χ3n) is 6.80. The zero-order valence-electron chi connectivity index (χ0n) is 22.8. The lowest BCUT2D eigenvalue weighted by molar-refractivity contribution is 0.415. The number of hydrogen-bond acceptors (Lipinski definition) is 6. The Hall–Kier alpha value is -5.49. The van der Waals surface area contributed by atoms with Crippen molar-refractivity contribution in [3.05, 3.63) is 134 Å². The first-order chi connectivity index (χ1) is 20.2. The van der Waals surface area contributed by atoms with Gasteiger partial charge in [-0.3, -0.25) is 9.97 Å². The highest BCUT2D eigenvalue weighted by Gasteiger charge is 2.15. The number of pyridine rings is 3. The van der Waals surface area contributed by atoms with Crippen molar-refractivity contribution in [2.45, 2.75) is 0 Å². The third-order valence-corrected chi connectivity index (χ3v) is 6.80. The van der Waals surface area contributed by atoms with E-state index in [1.54, 1.807) is 26.6 Å². The Balaban J connectivity index is 1.42. The molecule has 0 aliphatic rings. The second-order valence-corrected chi connectivity index (χ2v) is 9.33. The van der Waals surface area contributed by atoms with Crippen LogP contribution in [0.5, 0.6) is 11.5 Å². The monoisotopic (exact) mass is 536 g/mol. The second kappa shape index (κ2) is 11.7. The Bertz CT molecular complexity index is 1620. The minimum Gasteiger partial charge on any atom is -0.497 e. The summed E-state index contributed by atoms with van der Waals surface area (Å²) in [5, 5.41) is 0. The van der Waals surface area contributed by atoms with E-state index in [-0.39, 0.29) is 0 Å². The number of benzene rings is 3. The van der Waals surface area contributed by atoms with E-state index in [1.165, 1.54) is 0 Å². The van der Waals surface area contributed by atoms with Crippen LogP contribution in [-0.4, -0.2) is 29.2 Å². The van der Waals surface area contributed by atoms with Crippen molar-refractivity contribution >= 4 is 17.1 Å². The van der Waals surface area contributed by atoms with Crippen molar-refractivity contribution in [2.24, 2.45) is 0 Å². The number of ether oxygens (including phenoxy) is 2. The largest absolute Gasteiger partial charge is 0.497 e. The lowest BCUT2D eigenvalue weighted by Crippen LogP contribution is -2.09. The SMILES string of the molecule is COc1ccc(N(c2ccc(OC)cc2)c2ccc(-c3cc(-c4ccccn4)nc(-c4ccccn4)c3)cc2)cc1. The van der Waals surface area contributed by atoms with Crippen LogP contribution in [0.3, 0.4) is 0 Å². The van der Waals surface area contributed by atoms with Gasteiger partial charge in [0.1, 0.15) is 11.5 Å². The van der Waals surface area contributed by atoms with Gasteiger partial charge < -0.3 is 14.4 Å². The average Bonchev–Trinajstić information content (AvgIpc) is 3.06. The normalized spacial score (nSPS) is 10.7. The fourth-order valence-corrected chi connectivity index (χ4v) is 4.70. The van der Waals surface area contributed by atoms with Gasteiger partial charge in [-0.15, -0.1) is 0 Å². The summed E-state index contributed by atoms with van der Waals surface area (Å²) < 4.78 is 10.8. The second-order valence-electron chi connectivity index (χ2n) is 9.33. The molecule has 0 saturated carbocycles. The molecule has 3 aromatic heterocycles. The van der Waals surface area contributed by atoms with Gasteiger partial charge in [0.05, 0.1) is 37.0 Å². The molecule has 0 bridgehead atoms. The highest BCUT2D eigenvalue weighted by atomic mass is 16.5. The summed E-state index contributed by atoms with van der Waals surface area (Å²) in [6.45, 7) is 0. The molecule has 6 heteroatoms. The lowest BCUT2D eigenvalue weighted by atomic mass is 10.0. The highest BCUT2D eigenvalue weighted by molar-refractivity contribution is 5.80. The van der Waals surface area contributed by atoms with Gasteiger partial charge in [-0.05, 0) is 108 Å². The molecule has 0 atom stereocenters. The van der Waals surface area contributed by atoms with Gasteiger partial charge in [0.25, 0.3) is 0 Å². The molecule has 3 aromatic carbocycles. The first-order valence-corrected chi connectivity index (χ1v) is 13.3. The van der Waals surface area contributed by atoms with Crippen LogP contribution in [0, 0.1) is 0 Å². The van der Waals surface area contributed by atoms with Gasteiger partial charge in [0.2, 0.25) is 0 Å². The van der Waals surface area contributed by atoms with Crippen molar-refractivity contribution in [1.82, 2.24) is 15.0 Å². The first kappa shape index (κ1) is 25.8. The van der Waals surface area contributed by atoms with E-state index >= 15 is 0 Å². The topological polar surface area (TPSA) is 60.4 Å². The van der Waals surface area contributed by atoms with E-state index in [2.05, 4.69) is 75.5 Å². The molecule has 3 heterocycles. The maximum absolute atomic E-state index is 5.39. The van der Waals surface area contributed by atoms with E-state index in [9.17, 15) is 0 Å². The molecule has 0 radical (unpaired) electrons. The van der Waals surface area contributed by atoms with Crippen molar-refractivity contribution in [3.8, 4) is 45.4 Å². The van der Waals surface area contributed by atoms with Crippen LogP contribution in [0.25, 0.3) is 33.9 Å². The maximum atomic E-state index is 5.39. The van der Waals surface area contributed by atoms with E-state index in [4.69, 9.17) is 14.5 Å². The van der Waals surface area contributed by atoms with Crippen LogP contribution < -0.4 is 14.4 Å². The lowest BCUT2D eigenvalue weighted by Gasteiger charge is -2.26. The smallest absolute Gasteiger partial charge is 0.119 e. The molecule has 6 nitrogen and oxygen atoms in total. The Kier molecular flexibility index (Phi) is 7.36. The molecule has 6 aromatic rings. The summed E-state index contributed by atoms with van der Waals surface area (Å²) in [6, 6.07) is 40.5. The van der Waals surface area contributed by atoms with E-state index < -0.39 is 0 Å². The standard InChI is InChI=1S/C35H28N4O2/c1-40-30-17-13-28(14-18-30)39(29-15-19-31(41-2)20-16-29)27-11-9-25(10-12-27)26-23-34(32-7-3-5-21-36-32)38-35(24-26)33-8-4-6-22-37-33/h3-24H,1-2H3.